The molecule has 0 heterocycles. The summed E-state index contributed by atoms with van der Waals surface area (Å²) in [5.74, 6) is -1.19. The van der Waals surface area contributed by atoms with Gasteiger partial charge in [-0.3, -0.25) is 0 Å². The van der Waals surface area contributed by atoms with Gasteiger partial charge in [0.05, 0.1) is 5.60 Å². The monoisotopic (exact) mass is 190 g/mol. The van der Waals surface area contributed by atoms with Crippen molar-refractivity contribution in [3.8, 4) is 0 Å². The zero-order valence-corrected chi connectivity index (χ0v) is 8.63. The molecule has 0 aliphatic carbocycles. The number of aliphatic carboxylic acids is 1. The number of methoxy groups -OCH3 is 1. The van der Waals surface area contributed by atoms with Gasteiger partial charge in [-0.15, -0.1) is 0 Å². The first-order valence-corrected chi connectivity index (χ1v) is 4.22. The fraction of sp³-hybridized carbons (Fsp3) is 0.889. The third-order valence-electron chi connectivity index (χ3n) is 2.23. The molecule has 0 amide bonds. The number of carboxylic acid groups (broad SMARTS) is 1. The highest BCUT2D eigenvalue weighted by molar-refractivity contribution is 5.76. The third-order valence-corrected chi connectivity index (χ3v) is 2.23. The average Bonchev–Trinajstić information content (AvgIpc) is 2.01. The van der Waals surface area contributed by atoms with Gasteiger partial charge < -0.3 is 14.9 Å². The maximum Gasteiger partial charge on any atom is 0.335 e. The highest BCUT2D eigenvalue weighted by Gasteiger charge is 2.32. The van der Waals surface area contributed by atoms with Gasteiger partial charge in [0.25, 0.3) is 0 Å². The van der Waals surface area contributed by atoms with Gasteiger partial charge in [0.15, 0.2) is 5.60 Å². The van der Waals surface area contributed by atoms with Crippen molar-refractivity contribution in [3.05, 3.63) is 0 Å². The largest absolute Gasteiger partial charge is 0.479 e. The molecular formula is C9H18O4. The summed E-state index contributed by atoms with van der Waals surface area (Å²) in [5.41, 5.74) is -2.05. The maximum absolute atomic E-state index is 10.5. The van der Waals surface area contributed by atoms with Crippen LogP contribution >= 0.6 is 0 Å². The lowest BCUT2D eigenvalue weighted by Crippen LogP contribution is -2.37. The van der Waals surface area contributed by atoms with Crippen LogP contribution in [0.15, 0.2) is 0 Å². The average molecular weight is 190 g/mol. The normalized spacial score (nSPS) is 16.7. The molecule has 0 spiro atoms. The third kappa shape index (κ3) is 4.24. The molecule has 0 aromatic rings. The molecule has 4 nitrogen and oxygen atoms in total. The lowest BCUT2D eigenvalue weighted by atomic mass is 9.93. The minimum Gasteiger partial charge on any atom is -0.479 e. The Balaban J connectivity index is 4.09. The zero-order chi connectivity index (χ0) is 10.7. The van der Waals surface area contributed by atoms with E-state index in [1.807, 2.05) is 13.8 Å². The van der Waals surface area contributed by atoms with Crippen LogP contribution in [-0.4, -0.2) is 34.5 Å². The van der Waals surface area contributed by atoms with Crippen LogP contribution in [-0.2, 0) is 9.53 Å². The van der Waals surface area contributed by atoms with E-state index >= 15 is 0 Å². The van der Waals surface area contributed by atoms with Crippen LogP contribution in [0.2, 0.25) is 0 Å². The molecule has 1 unspecified atom stereocenters. The topological polar surface area (TPSA) is 66.8 Å². The molecular weight excluding hydrogens is 172 g/mol. The van der Waals surface area contributed by atoms with E-state index in [4.69, 9.17) is 9.84 Å². The van der Waals surface area contributed by atoms with E-state index in [0.29, 0.717) is 6.42 Å². The number of carbonyl (C=O) groups is 1. The van der Waals surface area contributed by atoms with Gasteiger partial charge >= 0.3 is 5.97 Å². The van der Waals surface area contributed by atoms with E-state index in [9.17, 15) is 9.90 Å². The molecule has 0 aliphatic rings. The van der Waals surface area contributed by atoms with E-state index < -0.39 is 11.6 Å². The molecule has 0 fully saturated rings. The summed E-state index contributed by atoms with van der Waals surface area (Å²) >= 11 is 0. The Kier molecular flexibility index (Phi) is 3.88. The first-order valence-electron chi connectivity index (χ1n) is 4.22. The molecule has 0 saturated carbocycles. The van der Waals surface area contributed by atoms with Crippen LogP contribution in [0, 0.1) is 0 Å². The summed E-state index contributed by atoms with van der Waals surface area (Å²) in [6.07, 6.45) is 0.686. The van der Waals surface area contributed by atoms with Crippen LogP contribution in [0.4, 0.5) is 0 Å². The van der Waals surface area contributed by atoms with Crippen molar-refractivity contribution < 1.29 is 19.7 Å². The van der Waals surface area contributed by atoms with Gasteiger partial charge in [0.1, 0.15) is 0 Å². The van der Waals surface area contributed by atoms with E-state index in [1.54, 1.807) is 7.11 Å². The van der Waals surface area contributed by atoms with Crippen molar-refractivity contribution in [2.45, 2.75) is 44.8 Å². The molecule has 13 heavy (non-hydrogen) atoms. The fourth-order valence-electron chi connectivity index (χ4n) is 0.753. The quantitative estimate of drug-likeness (QED) is 0.679. The molecule has 0 rings (SSSR count). The Morgan fingerprint density at radius 2 is 1.77 bits per heavy atom. The molecule has 4 heteroatoms. The first kappa shape index (κ1) is 12.4. The standard InChI is InChI=1S/C9H18O4/c1-8(2,13-4)5-6-9(3,12)7(10)11/h12H,5-6H2,1-4H3,(H,10,11). The Morgan fingerprint density at radius 3 is 2.08 bits per heavy atom. The summed E-state index contributed by atoms with van der Waals surface area (Å²) in [7, 11) is 1.56. The van der Waals surface area contributed by atoms with E-state index in [1.165, 1.54) is 6.92 Å². The number of carboxylic acids is 1. The van der Waals surface area contributed by atoms with Crippen LogP contribution in [0.25, 0.3) is 0 Å². The van der Waals surface area contributed by atoms with Crippen molar-refractivity contribution in [1.29, 1.82) is 0 Å². The molecule has 2 N–H and O–H groups in total. The van der Waals surface area contributed by atoms with E-state index in [-0.39, 0.29) is 12.0 Å². The Labute approximate surface area is 78.5 Å². The fourth-order valence-corrected chi connectivity index (χ4v) is 0.753. The molecule has 0 aromatic heterocycles. The van der Waals surface area contributed by atoms with Gasteiger partial charge in [-0.2, -0.15) is 0 Å². The predicted molar refractivity (Wildman–Crippen MR) is 48.6 cm³/mol. The molecule has 78 valence electrons. The summed E-state index contributed by atoms with van der Waals surface area (Å²) in [6, 6.07) is 0. The van der Waals surface area contributed by atoms with Gasteiger partial charge in [-0.25, -0.2) is 4.79 Å². The molecule has 1 atom stereocenters. The second-order valence-corrected chi connectivity index (χ2v) is 4.04. The van der Waals surface area contributed by atoms with Crippen LogP contribution in [0.5, 0.6) is 0 Å². The van der Waals surface area contributed by atoms with Gasteiger partial charge in [0, 0.05) is 7.11 Å². The van der Waals surface area contributed by atoms with E-state index in [2.05, 4.69) is 0 Å². The minimum absolute atomic E-state index is 0.184. The van der Waals surface area contributed by atoms with Crippen LogP contribution in [0.1, 0.15) is 33.6 Å². The van der Waals surface area contributed by atoms with Crippen molar-refractivity contribution in [1.82, 2.24) is 0 Å². The highest BCUT2D eigenvalue weighted by Crippen LogP contribution is 2.21. The number of ether oxygens (including phenoxy) is 1. The van der Waals surface area contributed by atoms with E-state index in [0.717, 1.165) is 0 Å². The summed E-state index contributed by atoms with van der Waals surface area (Å²) in [5, 5.41) is 18.0. The lowest BCUT2D eigenvalue weighted by molar-refractivity contribution is -0.158. The molecule has 0 saturated heterocycles. The molecule has 0 aliphatic heterocycles. The second-order valence-electron chi connectivity index (χ2n) is 4.04. The van der Waals surface area contributed by atoms with Gasteiger partial charge in [-0.05, 0) is 33.6 Å². The first-order chi connectivity index (χ1) is 5.71. The SMILES string of the molecule is COC(C)(C)CCC(C)(O)C(=O)O. The summed E-state index contributed by atoms with van der Waals surface area (Å²) in [6.45, 7) is 5.00. The lowest BCUT2D eigenvalue weighted by Gasteiger charge is -2.26. The van der Waals surface area contributed by atoms with Crippen molar-refractivity contribution in [2.75, 3.05) is 7.11 Å². The summed E-state index contributed by atoms with van der Waals surface area (Å²) in [4.78, 5) is 10.5. The maximum atomic E-state index is 10.5. The predicted octanol–water partition coefficient (Wildman–Crippen LogP) is 1.03. The number of hydrogen-bond donors (Lipinski definition) is 2. The molecule has 0 radical (unpaired) electrons. The van der Waals surface area contributed by atoms with Gasteiger partial charge in [-0.1, -0.05) is 0 Å². The Hall–Kier alpha value is -0.610. The van der Waals surface area contributed by atoms with Crippen molar-refractivity contribution in [2.24, 2.45) is 0 Å². The van der Waals surface area contributed by atoms with Crippen LogP contribution < -0.4 is 0 Å². The van der Waals surface area contributed by atoms with Gasteiger partial charge in [0.2, 0.25) is 0 Å². The molecule has 0 aromatic carbocycles. The van der Waals surface area contributed by atoms with Crippen molar-refractivity contribution >= 4 is 5.97 Å². The Bertz CT molecular complexity index is 184. The number of rotatable bonds is 5. The second kappa shape index (κ2) is 4.07. The van der Waals surface area contributed by atoms with Crippen LogP contribution in [0.3, 0.4) is 0 Å². The van der Waals surface area contributed by atoms with Crippen molar-refractivity contribution in [3.63, 3.8) is 0 Å². The number of hydrogen-bond acceptors (Lipinski definition) is 3. The zero-order valence-electron chi connectivity index (χ0n) is 8.63. The minimum atomic E-state index is -1.66. The molecule has 0 bridgehead atoms. The Morgan fingerprint density at radius 1 is 1.31 bits per heavy atom. The smallest absolute Gasteiger partial charge is 0.335 e. The highest BCUT2D eigenvalue weighted by atomic mass is 16.5. The summed E-state index contributed by atoms with van der Waals surface area (Å²) < 4.78 is 5.11. The number of aliphatic hydroxyl groups is 1.